The quantitative estimate of drug-likeness (QED) is 0.339. The van der Waals surface area contributed by atoms with E-state index in [0.717, 1.165) is 23.2 Å². The zero-order valence-electron chi connectivity index (χ0n) is 10.8. The van der Waals surface area contributed by atoms with Crippen molar-refractivity contribution >= 4 is 5.84 Å². The van der Waals surface area contributed by atoms with E-state index in [1.807, 2.05) is 43.4 Å². The third-order valence-corrected chi connectivity index (χ3v) is 2.96. The summed E-state index contributed by atoms with van der Waals surface area (Å²) in [6.45, 7) is 0.835. The zero-order valence-corrected chi connectivity index (χ0v) is 10.8. The van der Waals surface area contributed by atoms with Gasteiger partial charge in [0.25, 0.3) is 0 Å². The number of benzene rings is 2. The molecule has 0 amide bonds. The Kier molecular flexibility index (Phi) is 4.15. The lowest BCUT2D eigenvalue weighted by Gasteiger charge is -2.09. The maximum absolute atomic E-state index is 8.83. The van der Waals surface area contributed by atoms with E-state index in [9.17, 15) is 0 Å². The fraction of sp³-hybridized carbons (Fsp3) is 0.133. The highest BCUT2D eigenvalue weighted by Gasteiger charge is 2.08. The van der Waals surface area contributed by atoms with Gasteiger partial charge in [-0.05, 0) is 23.7 Å². The molecule has 0 fully saturated rings. The van der Waals surface area contributed by atoms with E-state index >= 15 is 0 Å². The molecule has 0 aliphatic heterocycles. The Morgan fingerprint density at radius 2 is 1.84 bits per heavy atom. The number of hydrogen-bond donors (Lipinski definition) is 3. The predicted molar refractivity (Wildman–Crippen MR) is 77.2 cm³/mol. The summed E-state index contributed by atoms with van der Waals surface area (Å²) < 4.78 is 0. The zero-order chi connectivity index (χ0) is 13.7. The molecule has 19 heavy (non-hydrogen) atoms. The van der Waals surface area contributed by atoms with Crippen molar-refractivity contribution in [2.24, 2.45) is 10.9 Å². The van der Waals surface area contributed by atoms with Crippen LogP contribution in [0.5, 0.6) is 0 Å². The van der Waals surface area contributed by atoms with Crippen LogP contribution < -0.4 is 11.1 Å². The number of oxime groups is 1. The molecule has 0 atom stereocenters. The van der Waals surface area contributed by atoms with Crippen molar-refractivity contribution < 1.29 is 5.21 Å². The molecule has 0 radical (unpaired) electrons. The Hall–Kier alpha value is -2.33. The molecule has 0 aromatic heterocycles. The van der Waals surface area contributed by atoms with Crippen molar-refractivity contribution in [3.63, 3.8) is 0 Å². The molecule has 98 valence electrons. The van der Waals surface area contributed by atoms with Gasteiger partial charge in [0.05, 0.1) is 0 Å². The van der Waals surface area contributed by atoms with Crippen LogP contribution in [0.15, 0.2) is 53.7 Å². The van der Waals surface area contributed by atoms with Crippen molar-refractivity contribution in [1.29, 1.82) is 0 Å². The molecule has 2 aromatic carbocycles. The first-order valence-corrected chi connectivity index (χ1v) is 6.07. The molecule has 4 N–H and O–H groups in total. The molecule has 0 unspecified atom stereocenters. The third kappa shape index (κ3) is 2.92. The molecule has 0 saturated heterocycles. The highest BCUT2D eigenvalue weighted by atomic mass is 16.4. The second-order valence-electron chi connectivity index (χ2n) is 4.26. The van der Waals surface area contributed by atoms with E-state index in [-0.39, 0.29) is 5.84 Å². The first-order valence-electron chi connectivity index (χ1n) is 6.07. The summed E-state index contributed by atoms with van der Waals surface area (Å²) in [5.41, 5.74) is 9.64. The van der Waals surface area contributed by atoms with Gasteiger partial charge in [0.2, 0.25) is 0 Å². The molecule has 0 saturated carbocycles. The highest BCUT2D eigenvalue weighted by Crippen LogP contribution is 2.23. The van der Waals surface area contributed by atoms with Crippen LogP contribution >= 0.6 is 0 Å². The Labute approximate surface area is 112 Å². The molecule has 4 nitrogen and oxygen atoms in total. The van der Waals surface area contributed by atoms with Gasteiger partial charge < -0.3 is 16.3 Å². The van der Waals surface area contributed by atoms with Gasteiger partial charge in [-0.3, -0.25) is 0 Å². The van der Waals surface area contributed by atoms with E-state index < -0.39 is 0 Å². The van der Waals surface area contributed by atoms with Crippen LogP contribution in [-0.2, 0) is 6.54 Å². The van der Waals surface area contributed by atoms with Crippen molar-refractivity contribution in [3.05, 3.63) is 59.7 Å². The summed E-state index contributed by atoms with van der Waals surface area (Å²) >= 11 is 0. The van der Waals surface area contributed by atoms with Crippen molar-refractivity contribution in [2.75, 3.05) is 7.05 Å². The normalized spacial score (nSPS) is 11.5. The molecular weight excluding hydrogens is 238 g/mol. The van der Waals surface area contributed by atoms with Gasteiger partial charge in [-0.1, -0.05) is 53.7 Å². The van der Waals surface area contributed by atoms with E-state index in [0.29, 0.717) is 0 Å². The Balaban J connectivity index is 2.41. The standard InChI is InChI=1S/C15H17N3O/c1-17-10-11-6-8-12(9-7-11)13-4-2-3-5-14(13)15(16)18-19/h2-9,17,19H,10H2,1H3,(H2,16,18). The first kappa shape index (κ1) is 13.1. The van der Waals surface area contributed by atoms with Gasteiger partial charge in [0.15, 0.2) is 5.84 Å². The lowest BCUT2D eigenvalue weighted by Crippen LogP contribution is -2.14. The lowest BCUT2D eigenvalue weighted by atomic mass is 9.98. The first-order chi connectivity index (χ1) is 9.26. The second-order valence-corrected chi connectivity index (χ2v) is 4.26. The van der Waals surface area contributed by atoms with Gasteiger partial charge in [-0.2, -0.15) is 0 Å². The number of hydrogen-bond acceptors (Lipinski definition) is 3. The lowest BCUT2D eigenvalue weighted by molar-refractivity contribution is 0.318. The molecular formula is C15H17N3O. The van der Waals surface area contributed by atoms with E-state index in [2.05, 4.69) is 22.6 Å². The van der Waals surface area contributed by atoms with E-state index in [4.69, 9.17) is 10.9 Å². The van der Waals surface area contributed by atoms with Crippen LogP contribution in [0, 0.1) is 0 Å². The minimum atomic E-state index is 0.120. The van der Waals surface area contributed by atoms with Crippen LogP contribution in [0.2, 0.25) is 0 Å². The third-order valence-electron chi connectivity index (χ3n) is 2.96. The van der Waals surface area contributed by atoms with Crippen LogP contribution in [0.1, 0.15) is 11.1 Å². The topological polar surface area (TPSA) is 70.6 Å². The number of nitrogens with one attached hydrogen (secondary N) is 1. The van der Waals surface area contributed by atoms with E-state index in [1.165, 1.54) is 5.56 Å². The molecule has 0 heterocycles. The Bertz CT molecular complexity index is 576. The highest BCUT2D eigenvalue weighted by molar-refractivity contribution is 6.03. The second kappa shape index (κ2) is 6.02. The van der Waals surface area contributed by atoms with Crippen LogP contribution in [0.25, 0.3) is 11.1 Å². The summed E-state index contributed by atoms with van der Waals surface area (Å²) in [5.74, 6) is 0.120. The van der Waals surface area contributed by atoms with Crippen molar-refractivity contribution in [3.8, 4) is 11.1 Å². The fourth-order valence-electron chi connectivity index (χ4n) is 2.02. The monoisotopic (exact) mass is 255 g/mol. The number of rotatable bonds is 4. The molecule has 4 heteroatoms. The van der Waals surface area contributed by atoms with Gasteiger partial charge in [-0.15, -0.1) is 0 Å². The average Bonchev–Trinajstić information content (AvgIpc) is 2.47. The summed E-state index contributed by atoms with van der Waals surface area (Å²) in [4.78, 5) is 0. The smallest absolute Gasteiger partial charge is 0.170 e. The van der Waals surface area contributed by atoms with Gasteiger partial charge in [0, 0.05) is 12.1 Å². The largest absolute Gasteiger partial charge is 0.409 e. The predicted octanol–water partition coefficient (Wildman–Crippen LogP) is 2.17. The molecule has 0 spiro atoms. The number of nitrogens with zero attached hydrogens (tertiary/aromatic N) is 1. The van der Waals surface area contributed by atoms with Crippen LogP contribution in [0.3, 0.4) is 0 Å². The minimum Gasteiger partial charge on any atom is -0.409 e. The SMILES string of the molecule is CNCc1ccc(-c2ccccc2C(N)=NO)cc1. The van der Waals surface area contributed by atoms with Gasteiger partial charge >= 0.3 is 0 Å². The molecule has 0 aliphatic rings. The summed E-state index contributed by atoms with van der Waals surface area (Å²) in [6, 6.07) is 15.8. The van der Waals surface area contributed by atoms with Gasteiger partial charge in [0.1, 0.15) is 0 Å². The Morgan fingerprint density at radius 1 is 1.16 bits per heavy atom. The van der Waals surface area contributed by atoms with Crippen LogP contribution in [-0.4, -0.2) is 18.1 Å². The van der Waals surface area contributed by atoms with Gasteiger partial charge in [-0.25, -0.2) is 0 Å². The van der Waals surface area contributed by atoms with Crippen molar-refractivity contribution in [1.82, 2.24) is 5.32 Å². The van der Waals surface area contributed by atoms with E-state index in [1.54, 1.807) is 0 Å². The Morgan fingerprint density at radius 3 is 2.47 bits per heavy atom. The summed E-state index contributed by atoms with van der Waals surface area (Å²) in [5, 5.41) is 15.0. The molecule has 2 rings (SSSR count). The minimum absolute atomic E-state index is 0.120. The number of amidine groups is 1. The number of nitrogens with two attached hydrogens (primary N) is 1. The average molecular weight is 255 g/mol. The summed E-state index contributed by atoms with van der Waals surface area (Å²) in [7, 11) is 1.92. The maximum Gasteiger partial charge on any atom is 0.170 e. The maximum atomic E-state index is 8.83. The summed E-state index contributed by atoms with van der Waals surface area (Å²) in [6.07, 6.45) is 0. The molecule has 0 aliphatic carbocycles. The molecule has 2 aromatic rings. The van der Waals surface area contributed by atoms with Crippen LogP contribution in [0.4, 0.5) is 0 Å². The molecule has 0 bridgehead atoms. The fourth-order valence-corrected chi connectivity index (χ4v) is 2.02. The van der Waals surface area contributed by atoms with Crippen molar-refractivity contribution in [2.45, 2.75) is 6.54 Å².